The molecule has 0 aliphatic heterocycles. The van der Waals surface area contributed by atoms with Crippen LogP contribution in [0.1, 0.15) is 24.0 Å². The number of hydrogen-bond acceptors (Lipinski definition) is 3. The summed E-state index contributed by atoms with van der Waals surface area (Å²) >= 11 is 0. The SMILES string of the molecule is COc1ccc(CCCNC(=O)CCc2cc3ccc(F)cc3[nH]c2=O)cc1. The number of fused-ring (bicyclic) bond motifs is 1. The van der Waals surface area contributed by atoms with Crippen LogP contribution in [0.2, 0.25) is 0 Å². The summed E-state index contributed by atoms with van der Waals surface area (Å²) in [6.45, 7) is 0.582. The van der Waals surface area contributed by atoms with Crippen LogP contribution in [-0.2, 0) is 17.6 Å². The second-order valence-electron chi connectivity index (χ2n) is 6.66. The Bertz CT molecular complexity index is 1010. The van der Waals surface area contributed by atoms with Crippen LogP contribution in [-0.4, -0.2) is 24.5 Å². The van der Waals surface area contributed by atoms with E-state index in [1.807, 2.05) is 24.3 Å². The summed E-state index contributed by atoms with van der Waals surface area (Å²) in [6, 6.07) is 13.8. The number of hydrogen-bond donors (Lipinski definition) is 2. The molecule has 1 aromatic heterocycles. The highest BCUT2D eigenvalue weighted by Crippen LogP contribution is 2.14. The Balaban J connectivity index is 1.45. The fraction of sp³-hybridized carbons (Fsp3) is 0.273. The minimum absolute atomic E-state index is 0.0895. The molecule has 0 aliphatic carbocycles. The lowest BCUT2D eigenvalue weighted by Crippen LogP contribution is -2.26. The Morgan fingerprint density at radius 3 is 2.64 bits per heavy atom. The van der Waals surface area contributed by atoms with E-state index in [0.29, 0.717) is 24.0 Å². The quantitative estimate of drug-likeness (QED) is 0.587. The number of rotatable bonds is 8. The van der Waals surface area contributed by atoms with Crippen molar-refractivity contribution in [1.82, 2.24) is 10.3 Å². The normalized spacial score (nSPS) is 10.8. The van der Waals surface area contributed by atoms with Gasteiger partial charge in [0.25, 0.3) is 5.56 Å². The highest BCUT2D eigenvalue weighted by Gasteiger charge is 2.07. The number of ether oxygens (including phenoxy) is 1. The van der Waals surface area contributed by atoms with E-state index < -0.39 is 5.82 Å². The summed E-state index contributed by atoms with van der Waals surface area (Å²) in [5.74, 6) is 0.337. The van der Waals surface area contributed by atoms with Gasteiger partial charge in [0.1, 0.15) is 11.6 Å². The molecule has 5 nitrogen and oxygen atoms in total. The smallest absolute Gasteiger partial charge is 0.251 e. The first-order chi connectivity index (χ1) is 13.5. The molecule has 0 atom stereocenters. The lowest BCUT2D eigenvalue weighted by Gasteiger charge is -2.07. The van der Waals surface area contributed by atoms with Crippen molar-refractivity contribution in [1.29, 1.82) is 0 Å². The van der Waals surface area contributed by atoms with E-state index in [-0.39, 0.29) is 17.9 Å². The summed E-state index contributed by atoms with van der Waals surface area (Å²) in [7, 11) is 1.64. The highest BCUT2D eigenvalue weighted by molar-refractivity contribution is 5.79. The van der Waals surface area contributed by atoms with Gasteiger partial charge in [-0.05, 0) is 66.6 Å². The maximum Gasteiger partial charge on any atom is 0.251 e. The van der Waals surface area contributed by atoms with Gasteiger partial charge in [0, 0.05) is 18.5 Å². The third kappa shape index (κ3) is 5.19. The number of aryl methyl sites for hydroxylation is 2. The summed E-state index contributed by atoms with van der Waals surface area (Å²) in [5, 5.41) is 3.63. The van der Waals surface area contributed by atoms with E-state index in [4.69, 9.17) is 4.74 Å². The molecule has 0 saturated carbocycles. The van der Waals surface area contributed by atoms with Gasteiger partial charge in [0.2, 0.25) is 5.91 Å². The van der Waals surface area contributed by atoms with Crippen LogP contribution in [0.5, 0.6) is 5.75 Å². The van der Waals surface area contributed by atoms with E-state index in [0.717, 1.165) is 24.0 Å². The van der Waals surface area contributed by atoms with Crippen LogP contribution in [0.4, 0.5) is 4.39 Å². The molecule has 0 saturated heterocycles. The topological polar surface area (TPSA) is 71.2 Å². The largest absolute Gasteiger partial charge is 0.497 e. The van der Waals surface area contributed by atoms with Gasteiger partial charge < -0.3 is 15.0 Å². The number of methoxy groups -OCH3 is 1. The fourth-order valence-electron chi connectivity index (χ4n) is 3.05. The van der Waals surface area contributed by atoms with Gasteiger partial charge >= 0.3 is 0 Å². The predicted molar refractivity (Wildman–Crippen MR) is 107 cm³/mol. The lowest BCUT2D eigenvalue weighted by molar-refractivity contribution is -0.121. The second-order valence-corrected chi connectivity index (χ2v) is 6.66. The standard InChI is InChI=1S/C22H23FN2O3/c1-28-19-9-4-15(5-10-19)3-2-12-24-21(26)11-7-17-13-16-6-8-18(23)14-20(16)25-22(17)27/h4-6,8-10,13-14H,2-3,7,11-12H2,1H3,(H,24,26)(H,25,27). The van der Waals surface area contributed by atoms with Crippen LogP contribution in [0.3, 0.4) is 0 Å². The fourth-order valence-corrected chi connectivity index (χ4v) is 3.05. The average Bonchev–Trinajstić information content (AvgIpc) is 2.70. The number of amides is 1. The van der Waals surface area contributed by atoms with E-state index in [9.17, 15) is 14.0 Å². The minimum atomic E-state index is -0.398. The van der Waals surface area contributed by atoms with E-state index >= 15 is 0 Å². The summed E-state index contributed by atoms with van der Waals surface area (Å²) < 4.78 is 18.4. The highest BCUT2D eigenvalue weighted by atomic mass is 19.1. The molecule has 3 aromatic rings. The molecule has 1 amide bonds. The number of benzene rings is 2. The molecule has 1 heterocycles. The molecule has 2 aromatic carbocycles. The first-order valence-corrected chi connectivity index (χ1v) is 9.26. The second kappa shape index (κ2) is 9.17. The van der Waals surface area contributed by atoms with Gasteiger partial charge in [-0.15, -0.1) is 0 Å². The number of pyridine rings is 1. The van der Waals surface area contributed by atoms with Gasteiger partial charge in [0.05, 0.1) is 12.6 Å². The molecule has 6 heteroatoms. The molecule has 0 aliphatic rings. The van der Waals surface area contributed by atoms with E-state index in [1.54, 1.807) is 19.2 Å². The number of H-pyrrole nitrogens is 1. The number of carbonyl (C=O) groups excluding carboxylic acids is 1. The van der Waals surface area contributed by atoms with Crippen LogP contribution in [0, 0.1) is 5.82 Å². The number of halogens is 1. The van der Waals surface area contributed by atoms with Crippen molar-refractivity contribution in [2.24, 2.45) is 0 Å². The zero-order chi connectivity index (χ0) is 19.9. The molecule has 28 heavy (non-hydrogen) atoms. The predicted octanol–water partition coefficient (Wildman–Crippen LogP) is 3.36. The number of carbonyl (C=O) groups is 1. The van der Waals surface area contributed by atoms with Gasteiger partial charge in [0.15, 0.2) is 0 Å². The van der Waals surface area contributed by atoms with Crippen LogP contribution in [0.15, 0.2) is 53.3 Å². The van der Waals surface area contributed by atoms with Crippen molar-refractivity contribution in [3.63, 3.8) is 0 Å². The van der Waals surface area contributed by atoms with Crippen molar-refractivity contribution in [3.05, 3.63) is 75.8 Å². The molecule has 3 rings (SSSR count). The Morgan fingerprint density at radius 1 is 1.11 bits per heavy atom. The molecule has 0 fully saturated rings. The average molecular weight is 382 g/mol. The molecular weight excluding hydrogens is 359 g/mol. The van der Waals surface area contributed by atoms with Crippen molar-refractivity contribution >= 4 is 16.8 Å². The zero-order valence-electron chi connectivity index (χ0n) is 15.8. The van der Waals surface area contributed by atoms with Crippen molar-refractivity contribution in [2.45, 2.75) is 25.7 Å². The van der Waals surface area contributed by atoms with Crippen molar-refractivity contribution in [3.8, 4) is 5.75 Å². The Kier molecular flexibility index (Phi) is 6.42. The van der Waals surface area contributed by atoms with Crippen molar-refractivity contribution in [2.75, 3.05) is 13.7 Å². The number of nitrogens with one attached hydrogen (secondary N) is 2. The molecule has 0 spiro atoms. The molecular formula is C22H23FN2O3. The lowest BCUT2D eigenvalue weighted by atomic mass is 10.1. The summed E-state index contributed by atoms with van der Waals surface area (Å²) in [6.07, 6.45) is 2.27. The van der Waals surface area contributed by atoms with Gasteiger partial charge in [-0.25, -0.2) is 4.39 Å². The molecule has 2 N–H and O–H groups in total. The maximum atomic E-state index is 13.2. The van der Waals surface area contributed by atoms with Crippen LogP contribution < -0.4 is 15.6 Å². The number of aromatic nitrogens is 1. The molecule has 0 radical (unpaired) electrons. The van der Waals surface area contributed by atoms with Crippen LogP contribution >= 0.6 is 0 Å². The van der Waals surface area contributed by atoms with Gasteiger partial charge in [-0.3, -0.25) is 9.59 Å². The monoisotopic (exact) mass is 382 g/mol. The van der Waals surface area contributed by atoms with E-state index in [2.05, 4.69) is 10.3 Å². The molecule has 0 unspecified atom stereocenters. The van der Waals surface area contributed by atoms with Crippen LogP contribution in [0.25, 0.3) is 10.9 Å². The van der Waals surface area contributed by atoms with Gasteiger partial charge in [-0.2, -0.15) is 0 Å². The first-order valence-electron chi connectivity index (χ1n) is 9.26. The van der Waals surface area contributed by atoms with E-state index in [1.165, 1.54) is 17.7 Å². The van der Waals surface area contributed by atoms with Crippen molar-refractivity contribution < 1.29 is 13.9 Å². The molecule has 0 bridgehead atoms. The Hall–Kier alpha value is -3.15. The molecule has 146 valence electrons. The number of aromatic amines is 1. The first kappa shape index (κ1) is 19.6. The minimum Gasteiger partial charge on any atom is -0.497 e. The Morgan fingerprint density at radius 2 is 1.89 bits per heavy atom. The summed E-state index contributed by atoms with van der Waals surface area (Å²) in [4.78, 5) is 26.8. The van der Waals surface area contributed by atoms with Gasteiger partial charge in [-0.1, -0.05) is 12.1 Å². The maximum absolute atomic E-state index is 13.2. The Labute approximate surface area is 162 Å². The third-order valence-electron chi connectivity index (χ3n) is 4.63. The third-order valence-corrected chi connectivity index (χ3v) is 4.63. The summed E-state index contributed by atoms with van der Waals surface area (Å²) in [5.41, 5.74) is 1.88. The zero-order valence-corrected chi connectivity index (χ0v) is 15.8.